The van der Waals surface area contributed by atoms with Crippen LogP contribution in [0.5, 0.6) is 0 Å². The summed E-state index contributed by atoms with van der Waals surface area (Å²) in [7, 11) is 1.78. The molecule has 0 spiro atoms. The van der Waals surface area contributed by atoms with Crippen LogP contribution < -0.4 is 5.32 Å². The molecule has 0 unspecified atom stereocenters. The van der Waals surface area contributed by atoms with Crippen LogP contribution in [0.4, 0.5) is 19.0 Å². The van der Waals surface area contributed by atoms with Crippen molar-refractivity contribution in [1.29, 1.82) is 0 Å². The minimum Gasteiger partial charge on any atom is -0.381 e. The van der Waals surface area contributed by atoms with E-state index in [9.17, 15) is 22.8 Å². The number of carbonyl (C=O) groups excluding carboxylic acids is 2. The minimum absolute atomic E-state index is 0.0654. The zero-order valence-corrected chi connectivity index (χ0v) is 24.8. The summed E-state index contributed by atoms with van der Waals surface area (Å²) in [5.74, 6) is 0.603. The Hall–Kier alpha value is -3.05. The molecule has 3 heterocycles. The lowest BCUT2D eigenvalue weighted by molar-refractivity contribution is -0.137. The number of likely N-dealkylation sites (tertiary alicyclic amines) is 2. The number of rotatable bonds is 11. The third-order valence-corrected chi connectivity index (χ3v) is 8.62. The number of piperidine rings is 2. The Balaban J connectivity index is 1.21. The van der Waals surface area contributed by atoms with Crippen LogP contribution in [0.3, 0.4) is 0 Å². The molecule has 2 aliphatic heterocycles. The molecule has 0 radical (unpaired) electrons. The van der Waals surface area contributed by atoms with Crippen molar-refractivity contribution < 1.29 is 27.5 Å². The zero-order chi connectivity index (χ0) is 30.3. The maximum atomic E-state index is 13.4. The molecule has 1 aromatic heterocycles. The Morgan fingerprint density at radius 1 is 1.05 bits per heavy atom. The summed E-state index contributed by atoms with van der Waals surface area (Å²) in [6.07, 6.45) is 3.04. The highest BCUT2D eigenvalue weighted by Gasteiger charge is 2.32. The molecule has 230 valence electrons. The molecular weight excluding hydrogens is 547 g/mol. The fraction of sp³-hybridized carbons (Fsp3) is 0.613. The third kappa shape index (κ3) is 8.28. The number of ketones is 1. The normalized spacial score (nSPS) is 18.2. The summed E-state index contributed by atoms with van der Waals surface area (Å²) in [6, 6.07) is 4.86. The number of methoxy groups -OCH3 is 1. The second-order valence-electron chi connectivity index (χ2n) is 11.6. The molecule has 0 aliphatic carbocycles. The van der Waals surface area contributed by atoms with E-state index < -0.39 is 11.7 Å². The van der Waals surface area contributed by atoms with Gasteiger partial charge in [-0.05, 0) is 63.5 Å². The molecule has 1 N–H and O–H groups in total. The molecule has 0 saturated carbocycles. The summed E-state index contributed by atoms with van der Waals surface area (Å²) in [6.45, 7) is 8.03. The van der Waals surface area contributed by atoms with Gasteiger partial charge in [-0.25, -0.2) is 9.97 Å². The summed E-state index contributed by atoms with van der Waals surface area (Å²) in [4.78, 5) is 38.9. The van der Waals surface area contributed by atoms with Crippen LogP contribution in [0.2, 0.25) is 0 Å². The number of anilines is 1. The van der Waals surface area contributed by atoms with Crippen LogP contribution in [-0.4, -0.2) is 83.4 Å². The molecule has 2 aliphatic rings. The van der Waals surface area contributed by atoms with E-state index in [0.717, 1.165) is 62.9 Å². The predicted molar refractivity (Wildman–Crippen MR) is 155 cm³/mol. The number of benzene rings is 1. The lowest BCUT2D eigenvalue weighted by Crippen LogP contribution is -2.49. The lowest BCUT2D eigenvalue weighted by atomic mass is 9.98. The van der Waals surface area contributed by atoms with Gasteiger partial charge < -0.3 is 19.9 Å². The number of nitrogens with zero attached hydrogens (tertiary/aromatic N) is 4. The van der Waals surface area contributed by atoms with E-state index in [2.05, 4.69) is 27.1 Å². The number of ether oxygens (including phenoxy) is 1. The number of hydrogen-bond acceptors (Lipinski definition) is 7. The maximum Gasteiger partial charge on any atom is 0.416 e. The first-order chi connectivity index (χ1) is 20.1. The highest BCUT2D eigenvalue weighted by atomic mass is 19.4. The lowest BCUT2D eigenvalue weighted by Gasteiger charge is -2.41. The highest BCUT2D eigenvalue weighted by molar-refractivity contribution is 5.96. The molecule has 1 amide bonds. The highest BCUT2D eigenvalue weighted by Crippen LogP contribution is 2.29. The van der Waals surface area contributed by atoms with Crippen LogP contribution in [0, 0.1) is 12.8 Å². The number of aromatic nitrogens is 2. The van der Waals surface area contributed by atoms with E-state index in [0.29, 0.717) is 55.3 Å². The average Bonchev–Trinajstić information content (AvgIpc) is 3.00. The molecule has 1 atom stereocenters. The van der Waals surface area contributed by atoms with Gasteiger partial charge in [-0.15, -0.1) is 0 Å². The van der Waals surface area contributed by atoms with Crippen molar-refractivity contribution in [2.24, 2.45) is 5.92 Å². The maximum absolute atomic E-state index is 13.4. The number of Topliss-reactive ketones (excluding diaryl/α,β-unsaturated/α-hetero) is 1. The van der Waals surface area contributed by atoms with Crippen LogP contribution in [0.1, 0.15) is 83.8 Å². The Kier molecular flexibility index (Phi) is 10.9. The fourth-order valence-corrected chi connectivity index (χ4v) is 5.88. The van der Waals surface area contributed by atoms with E-state index in [1.54, 1.807) is 7.11 Å². The van der Waals surface area contributed by atoms with Crippen molar-refractivity contribution in [1.82, 2.24) is 19.8 Å². The molecule has 1 aromatic carbocycles. The molecule has 4 rings (SSSR count). The van der Waals surface area contributed by atoms with Gasteiger partial charge in [0.25, 0.3) is 5.91 Å². The Morgan fingerprint density at radius 2 is 1.71 bits per heavy atom. The first-order valence-corrected chi connectivity index (χ1v) is 14.9. The van der Waals surface area contributed by atoms with Crippen LogP contribution >= 0.6 is 0 Å². The molecular formula is C31H42F3N5O3. The number of halogens is 3. The van der Waals surface area contributed by atoms with Gasteiger partial charge in [-0.1, -0.05) is 19.1 Å². The smallest absolute Gasteiger partial charge is 0.381 e. The average molecular weight is 590 g/mol. The molecule has 2 fully saturated rings. The van der Waals surface area contributed by atoms with Gasteiger partial charge in [-0.2, -0.15) is 13.2 Å². The van der Waals surface area contributed by atoms with Gasteiger partial charge in [0, 0.05) is 63.4 Å². The van der Waals surface area contributed by atoms with Gasteiger partial charge in [0.15, 0.2) is 5.78 Å². The fourth-order valence-electron chi connectivity index (χ4n) is 5.88. The van der Waals surface area contributed by atoms with Crippen LogP contribution in [-0.2, 0) is 10.9 Å². The van der Waals surface area contributed by atoms with Crippen molar-refractivity contribution in [2.45, 2.75) is 77.1 Å². The molecule has 2 saturated heterocycles. The number of amides is 1. The summed E-state index contributed by atoms with van der Waals surface area (Å²) >= 11 is 0. The van der Waals surface area contributed by atoms with E-state index in [1.807, 2.05) is 11.8 Å². The Labute approximate surface area is 246 Å². The second-order valence-corrected chi connectivity index (χ2v) is 11.6. The second kappa shape index (κ2) is 14.4. The van der Waals surface area contributed by atoms with Crippen LogP contribution in [0.15, 0.2) is 30.6 Å². The summed E-state index contributed by atoms with van der Waals surface area (Å²) in [5, 5.41) is 3.33. The van der Waals surface area contributed by atoms with Crippen molar-refractivity contribution in [3.8, 4) is 0 Å². The molecule has 0 bridgehead atoms. The molecule has 2 aromatic rings. The van der Waals surface area contributed by atoms with Gasteiger partial charge in [0.05, 0.1) is 11.7 Å². The quantitative estimate of drug-likeness (QED) is 0.341. The van der Waals surface area contributed by atoms with E-state index in [-0.39, 0.29) is 24.0 Å². The summed E-state index contributed by atoms with van der Waals surface area (Å²) in [5.41, 5.74) is 0.665. The standard InChI is InChI=1S/C31H42F3N5O3/c1-21(5-4-6-27(40)23-7-9-24(10-8-23)31(32,33)34)19-35-29-22(2)28(36-20-37-29)30(41)39-15-11-25(12-16-39)38-17-13-26(42-3)14-18-38/h7-10,20-21,25-26H,4-6,11-19H2,1-3H3,(H,35,36,37)/t21-/m1/s1. The van der Waals surface area contributed by atoms with E-state index >= 15 is 0 Å². The van der Waals surface area contributed by atoms with Gasteiger partial charge in [-0.3, -0.25) is 9.59 Å². The van der Waals surface area contributed by atoms with Crippen molar-refractivity contribution in [3.05, 3.63) is 53.0 Å². The van der Waals surface area contributed by atoms with Crippen LogP contribution in [0.25, 0.3) is 0 Å². The topological polar surface area (TPSA) is 87.7 Å². The first kappa shape index (κ1) is 31.9. The van der Waals surface area contributed by atoms with Gasteiger partial charge in [0.1, 0.15) is 17.8 Å². The molecule has 8 nitrogen and oxygen atoms in total. The van der Waals surface area contributed by atoms with E-state index in [4.69, 9.17) is 4.74 Å². The van der Waals surface area contributed by atoms with Gasteiger partial charge >= 0.3 is 6.18 Å². The minimum atomic E-state index is -4.42. The zero-order valence-electron chi connectivity index (χ0n) is 24.8. The summed E-state index contributed by atoms with van der Waals surface area (Å²) < 4.78 is 43.7. The number of nitrogens with one attached hydrogen (secondary N) is 1. The Bertz CT molecular complexity index is 1190. The third-order valence-electron chi connectivity index (χ3n) is 8.62. The number of carbonyl (C=O) groups is 2. The molecule has 11 heteroatoms. The Morgan fingerprint density at radius 3 is 2.33 bits per heavy atom. The van der Waals surface area contributed by atoms with Gasteiger partial charge in [0.2, 0.25) is 0 Å². The number of hydrogen-bond donors (Lipinski definition) is 1. The molecule has 42 heavy (non-hydrogen) atoms. The predicted octanol–water partition coefficient (Wildman–Crippen LogP) is 5.62. The van der Waals surface area contributed by atoms with Crippen molar-refractivity contribution in [3.63, 3.8) is 0 Å². The monoisotopic (exact) mass is 589 g/mol. The largest absolute Gasteiger partial charge is 0.416 e. The van der Waals surface area contributed by atoms with E-state index in [1.165, 1.54) is 18.5 Å². The first-order valence-electron chi connectivity index (χ1n) is 14.9. The number of alkyl halides is 3. The van der Waals surface area contributed by atoms with Crippen molar-refractivity contribution in [2.75, 3.05) is 45.2 Å². The van der Waals surface area contributed by atoms with Crippen molar-refractivity contribution >= 4 is 17.5 Å². The SMILES string of the molecule is COC1CCN(C2CCN(C(=O)c3ncnc(NC[C@H](C)CCCC(=O)c4ccc(C(F)(F)F)cc4)c3C)CC2)CC1.